The maximum Gasteiger partial charge on any atom is 0.336 e. The standard InChI is InChI=1S/C15H20N2O4/c1-10-11(13(18)19)4-3-5-12(10)16-14(20)17-15(2)6-8-21-9-7-15/h3-5H,6-9H2,1-2H3,(H,18,19)(H2,16,17,20). The molecule has 2 amide bonds. The Morgan fingerprint density at radius 2 is 1.95 bits per heavy atom. The first-order valence-electron chi connectivity index (χ1n) is 6.91. The van der Waals surface area contributed by atoms with Gasteiger partial charge in [0, 0.05) is 24.4 Å². The highest BCUT2D eigenvalue weighted by molar-refractivity contribution is 5.95. The molecule has 0 radical (unpaired) electrons. The minimum Gasteiger partial charge on any atom is -0.478 e. The van der Waals surface area contributed by atoms with E-state index in [-0.39, 0.29) is 17.1 Å². The fraction of sp³-hybridized carbons (Fsp3) is 0.467. The van der Waals surface area contributed by atoms with E-state index in [1.807, 2.05) is 6.92 Å². The molecule has 6 nitrogen and oxygen atoms in total. The van der Waals surface area contributed by atoms with Crippen LogP contribution in [0.1, 0.15) is 35.7 Å². The summed E-state index contributed by atoms with van der Waals surface area (Å²) in [6, 6.07) is 4.49. The van der Waals surface area contributed by atoms with Crippen LogP contribution in [0.15, 0.2) is 18.2 Å². The van der Waals surface area contributed by atoms with Crippen molar-refractivity contribution >= 4 is 17.7 Å². The van der Waals surface area contributed by atoms with Crippen LogP contribution in [-0.2, 0) is 4.74 Å². The molecule has 1 heterocycles. The summed E-state index contributed by atoms with van der Waals surface area (Å²) in [6.07, 6.45) is 1.52. The minimum absolute atomic E-state index is 0.185. The van der Waals surface area contributed by atoms with Gasteiger partial charge in [0.1, 0.15) is 0 Å². The molecule has 0 spiro atoms. The van der Waals surface area contributed by atoms with E-state index in [1.165, 1.54) is 6.07 Å². The summed E-state index contributed by atoms with van der Waals surface area (Å²) < 4.78 is 5.29. The van der Waals surface area contributed by atoms with Crippen LogP contribution in [0.3, 0.4) is 0 Å². The molecule has 0 unspecified atom stereocenters. The number of ether oxygens (including phenoxy) is 1. The lowest BCUT2D eigenvalue weighted by molar-refractivity contribution is 0.0499. The molecule has 21 heavy (non-hydrogen) atoms. The van der Waals surface area contributed by atoms with Gasteiger partial charge in [-0.2, -0.15) is 0 Å². The first-order chi connectivity index (χ1) is 9.91. The lowest BCUT2D eigenvalue weighted by Crippen LogP contribution is -2.51. The van der Waals surface area contributed by atoms with Crippen LogP contribution in [0.25, 0.3) is 0 Å². The number of carboxylic acid groups (broad SMARTS) is 1. The van der Waals surface area contributed by atoms with E-state index in [0.717, 1.165) is 12.8 Å². The average Bonchev–Trinajstić information content (AvgIpc) is 2.41. The van der Waals surface area contributed by atoms with Crippen molar-refractivity contribution in [3.63, 3.8) is 0 Å². The molecule has 6 heteroatoms. The number of rotatable bonds is 3. The molecule has 0 atom stereocenters. The molecule has 3 N–H and O–H groups in total. The number of hydrogen-bond acceptors (Lipinski definition) is 3. The van der Waals surface area contributed by atoms with E-state index in [4.69, 9.17) is 9.84 Å². The lowest BCUT2D eigenvalue weighted by atomic mass is 9.93. The molecule has 1 aromatic rings. The minimum atomic E-state index is -1.01. The van der Waals surface area contributed by atoms with E-state index in [1.54, 1.807) is 19.1 Å². The van der Waals surface area contributed by atoms with Crippen molar-refractivity contribution in [1.29, 1.82) is 0 Å². The topological polar surface area (TPSA) is 87.7 Å². The van der Waals surface area contributed by atoms with Gasteiger partial charge in [0.15, 0.2) is 0 Å². The van der Waals surface area contributed by atoms with Gasteiger partial charge in [-0.25, -0.2) is 9.59 Å². The van der Waals surface area contributed by atoms with E-state index >= 15 is 0 Å². The molecular formula is C15H20N2O4. The largest absolute Gasteiger partial charge is 0.478 e. The summed E-state index contributed by atoms with van der Waals surface area (Å²) in [5.41, 5.74) is 0.936. The third-order valence-electron chi connectivity index (χ3n) is 3.82. The van der Waals surface area contributed by atoms with Gasteiger partial charge in [0.05, 0.1) is 5.56 Å². The summed E-state index contributed by atoms with van der Waals surface area (Å²) >= 11 is 0. The molecule has 114 valence electrons. The maximum atomic E-state index is 12.1. The van der Waals surface area contributed by atoms with Crippen molar-refractivity contribution in [1.82, 2.24) is 5.32 Å². The Bertz CT molecular complexity index is 551. The highest BCUT2D eigenvalue weighted by Crippen LogP contribution is 2.22. The zero-order valence-electron chi connectivity index (χ0n) is 12.2. The van der Waals surface area contributed by atoms with Crippen LogP contribution in [0, 0.1) is 6.92 Å². The number of urea groups is 1. The summed E-state index contributed by atoms with van der Waals surface area (Å²) in [4.78, 5) is 23.2. The predicted octanol–water partition coefficient (Wildman–Crippen LogP) is 2.38. The van der Waals surface area contributed by atoms with Gasteiger partial charge in [-0.05, 0) is 44.4 Å². The molecule has 1 fully saturated rings. The molecule has 0 bridgehead atoms. The van der Waals surface area contributed by atoms with Crippen molar-refractivity contribution < 1.29 is 19.4 Å². The van der Waals surface area contributed by atoms with Gasteiger partial charge in [-0.1, -0.05) is 6.07 Å². The van der Waals surface area contributed by atoms with E-state index in [0.29, 0.717) is 24.5 Å². The highest BCUT2D eigenvalue weighted by Gasteiger charge is 2.29. The van der Waals surface area contributed by atoms with Crippen LogP contribution in [-0.4, -0.2) is 35.9 Å². The molecular weight excluding hydrogens is 272 g/mol. The number of amides is 2. The first kappa shape index (κ1) is 15.3. The second-order valence-electron chi connectivity index (χ2n) is 5.54. The van der Waals surface area contributed by atoms with Crippen molar-refractivity contribution in [2.45, 2.75) is 32.2 Å². The molecule has 1 saturated heterocycles. The molecule has 0 aromatic heterocycles. The summed E-state index contributed by atoms with van der Waals surface area (Å²) in [5.74, 6) is -1.01. The molecule has 0 saturated carbocycles. The molecule has 1 aliphatic rings. The third-order valence-corrected chi connectivity index (χ3v) is 3.82. The monoisotopic (exact) mass is 292 g/mol. The Balaban J connectivity index is 2.06. The van der Waals surface area contributed by atoms with Crippen LogP contribution in [0.2, 0.25) is 0 Å². The molecule has 2 rings (SSSR count). The fourth-order valence-electron chi connectivity index (χ4n) is 2.38. The quantitative estimate of drug-likeness (QED) is 0.798. The number of carbonyl (C=O) groups is 2. The maximum absolute atomic E-state index is 12.1. The SMILES string of the molecule is Cc1c(NC(=O)NC2(C)CCOCC2)cccc1C(=O)O. The van der Waals surface area contributed by atoms with Crippen LogP contribution < -0.4 is 10.6 Å². The van der Waals surface area contributed by atoms with Gasteiger partial charge in [-0.3, -0.25) is 0 Å². The molecule has 1 aliphatic heterocycles. The number of carboxylic acids is 1. The van der Waals surface area contributed by atoms with Crippen molar-refractivity contribution in [3.05, 3.63) is 29.3 Å². The predicted molar refractivity (Wildman–Crippen MR) is 78.8 cm³/mol. The van der Waals surface area contributed by atoms with Crippen LogP contribution in [0.5, 0.6) is 0 Å². The Morgan fingerprint density at radius 1 is 1.29 bits per heavy atom. The fourth-order valence-corrected chi connectivity index (χ4v) is 2.38. The third kappa shape index (κ3) is 3.72. The highest BCUT2D eigenvalue weighted by atomic mass is 16.5. The lowest BCUT2D eigenvalue weighted by Gasteiger charge is -2.34. The number of nitrogens with one attached hydrogen (secondary N) is 2. The van der Waals surface area contributed by atoms with Gasteiger partial charge in [0.25, 0.3) is 0 Å². The Morgan fingerprint density at radius 3 is 2.57 bits per heavy atom. The second-order valence-corrected chi connectivity index (χ2v) is 5.54. The second kappa shape index (κ2) is 6.13. The smallest absolute Gasteiger partial charge is 0.336 e. The van der Waals surface area contributed by atoms with Gasteiger partial charge in [0.2, 0.25) is 0 Å². The van der Waals surface area contributed by atoms with Gasteiger partial charge >= 0.3 is 12.0 Å². The Hall–Kier alpha value is -2.08. The number of hydrogen-bond donors (Lipinski definition) is 3. The van der Waals surface area contributed by atoms with Gasteiger partial charge in [-0.15, -0.1) is 0 Å². The number of carbonyl (C=O) groups excluding carboxylic acids is 1. The van der Waals surface area contributed by atoms with Crippen molar-refractivity contribution in [2.24, 2.45) is 0 Å². The van der Waals surface area contributed by atoms with E-state index < -0.39 is 5.97 Å². The number of anilines is 1. The average molecular weight is 292 g/mol. The zero-order valence-corrected chi connectivity index (χ0v) is 12.2. The summed E-state index contributed by atoms with van der Waals surface area (Å²) in [6.45, 7) is 4.92. The van der Waals surface area contributed by atoms with E-state index in [2.05, 4.69) is 10.6 Å². The first-order valence-corrected chi connectivity index (χ1v) is 6.91. The van der Waals surface area contributed by atoms with Crippen LogP contribution >= 0.6 is 0 Å². The van der Waals surface area contributed by atoms with Gasteiger partial charge < -0.3 is 20.5 Å². The molecule has 0 aliphatic carbocycles. The summed E-state index contributed by atoms with van der Waals surface area (Å²) in [5, 5.41) is 14.8. The zero-order chi connectivity index (χ0) is 15.5. The van der Waals surface area contributed by atoms with Crippen molar-refractivity contribution in [3.8, 4) is 0 Å². The number of benzene rings is 1. The van der Waals surface area contributed by atoms with Crippen molar-refractivity contribution in [2.75, 3.05) is 18.5 Å². The van der Waals surface area contributed by atoms with Crippen LogP contribution in [0.4, 0.5) is 10.5 Å². The number of aromatic carboxylic acids is 1. The summed E-state index contributed by atoms with van der Waals surface area (Å²) in [7, 11) is 0. The Kier molecular flexibility index (Phi) is 4.47. The van der Waals surface area contributed by atoms with E-state index in [9.17, 15) is 9.59 Å². The Labute approximate surface area is 123 Å². The normalized spacial score (nSPS) is 17.0. The molecule has 1 aromatic carbocycles.